The van der Waals surface area contributed by atoms with Crippen LogP contribution >= 0.6 is 23.2 Å². The molecule has 0 unspecified atom stereocenters. The van der Waals surface area contributed by atoms with Crippen LogP contribution in [0.15, 0.2) is 60.7 Å². The van der Waals surface area contributed by atoms with Crippen molar-refractivity contribution >= 4 is 41.1 Å². The number of piperazine rings is 1. The predicted octanol–water partition coefficient (Wildman–Crippen LogP) is 6.15. The molecule has 0 bridgehead atoms. The zero-order valence-electron chi connectivity index (χ0n) is 32.4. The number of urea groups is 1. The van der Waals surface area contributed by atoms with Gasteiger partial charge in [-0.1, -0.05) is 59.6 Å². The molecule has 3 amide bonds. The van der Waals surface area contributed by atoms with Crippen LogP contribution in [0.3, 0.4) is 0 Å². The number of piperidine rings is 1. The summed E-state index contributed by atoms with van der Waals surface area (Å²) < 4.78 is 21.5. The number of carbonyl (C=O) groups excluding carboxylic acids is 3. The van der Waals surface area contributed by atoms with Gasteiger partial charge in [0.25, 0.3) is 5.91 Å². The Balaban J connectivity index is 1.26. The third-order valence-electron chi connectivity index (χ3n) is 10.7. The van der Waals surface area contributed by atoms with Crippen LogP contribution in [-0.2, 0) is 15.1 Å². The van der Waals surface area contributed by atoms with Crippen LogP contribution in [0.1, 0.15) is 53.6 Å². The van der Waals surface area contributed by atoms with Crippen molar-refractivity contribution in [1.29, 1.82) is 0 Å². The number of likely N-dealkylation sites (N-methyl/N-ethyl adjacent to an activating group) is 1. The number of halogens is 2. The molecule has 298 valence electrons. The highest BCUT2D eigenvalue weighted by Gasteiger charge is 2.39. The molecule has 3 aromatic rings. The monoisotopic (exact) mass is 797 g/mol. The summed E-state index contributed by atoms with van der Waals surface area (Å²) in [6.45, 7) is 7.44. The fraction of sp³-hybridized carbons (Fsp3) is 0.488. The maximum Gasteiger partial charge on any atom is 0.320 e. The lowest BCUT2D eigenvalue weighted by atomic mass is 9.80. The zero-order valence-corrected chi connectivity index (χ0v) is 34.0. The van der Waals surface area contributed by atoms with Crippen LogP contribution in [-0.4, -0.2) is 131 Å². The Kier molecular flexibility index (Phi) is 14.9. The van der Waals surface area contributed by atoms with Crippen molar-refractivity contribution in [1.82, 2.24) is 24.9 Å². The second-order valence-electron chi connectivity index (χ2n) is 14.0. The number of amides is 3. The number of hydrogen-bond acceptors (Lipinski definition) is 9. The average Bonchev–Trinajstić information content (AvgIpc) is 3.20. The maximum absolute atomic E-state index is 13.8. The van der Waals surface area contributed by atoms with Gasteiger partial charge in [-0.25, -0.2) is 4.79 Å². The second-order valence-corrected chi connectivity index (χ2v) is 14.9. The second kappa shape index (κ2) is 19.6. The van der Waals surface area contributed by atoms with E-state index in [1.54, 1.807) is 37.1 Å². The molecule has 12 nitrogen and oxygen atoms in total. The average molecular weight is 799 g/mol. The number of esters is 1. The molecule has 2 fully saturated rings. The lowest BCUT2D eigenvalue weighted by Crippen LogP contribution is -2.59. The van der Waals surface area contributed by atoms with E-state index in [4.69, 9.17) is 42.1 Å². The minimum Gasteiger partial charge on any atom is -0.493 e. The minimum absolute atomic E-state index is 0.0474. The summed E-state index contributed by atoms with van der Waals surface area (Å²) in [5.41, 5.74) is 1.97. The smallest absolute Gasteiger partial charge is 0.320 e. The molecule has 2 saturated heterocycles. The third-order valence-corrected chi connectivity index (χ3v) is 11.4. The minimum atomic E-state index is -0.521. The van der Waals surface area contributed by atoms with Crippen molar-refractivity contribution in [3.8, 4) is 17.2 Å². The van der Waals surface area contributed by atoms with E-state index in [9.17, 15) is 14.4 Å². The first-order valence-corrected chi connectivity index (χ1v) is 19.5. The van der Waals surface area contributed by atoms with Gasteiger partial charge >= 0.3 is 12.0 Å². The van der Waals surface area contributed by atoms with Gasteiger partial charge in [0.15, 0.2) is 11.5 Å². The predicted molar refractivity (Wildman–Crippen MR) is 214 cm³/mol. The van der Waals surface area contributed by atoms with Crippen LogP contribution in [0.2, 0.25) is 10.0 Å². The number of methoxy groups -OCH3 is 3. The number of ether oxygens (including phenoxy) is 4. The van der Waals surface area contributed by atoms with E-state index < -0.39 is 5.54 Å². The SMILES string of the molecule is CCOC(=O)CN1CCN(C(=O)NC2(c3ccccc3)CCN(CC[C@H](CN(C)C(=O)c3cc(OC)c(OC)c(OC)c3)c3ccc(Cl)c(Cl)c3)CC2)CC1. The number of carbonyl (C=O) groups is 3. The summed E-state index contributed by atoms with van der Waals surface area (Å²) in [5, 5.41) is 4.38. The highest BCUT2D eigenvalue weighted by atomic mass is 35.5. The fourth-order valence-electron chi connectivity index (χ4n) is 7.49. The molecule has 2 heterocycles. The Labute approximate surface area is 334 Å². The number of nitrogens with one attached hydrogen (secondary N) is 1. The van der Waals surface area contributed by atoms with E-state index in [1.807, 2.05) is 40.1 Å². The van der Waals surface area contributed by atoms with Crippen LogP contribution < -0.4 is 19.5 Å². The summed E-state index contributed by atoms with van der Waals surface area (Å²) >= 11 is 12.8. The Bertz CT molecular complexity index is 1740. The lowest BCUT2D eigenvalue weighted by molar-refractivity contribution is -0.144. The molecule has 55 heavy (non-hydrogen) atoms. The molecule has 0 aliphatic carbocycles. The van der Waals surface area contributed by atoms with Gasteiger partial charge in [0.2, 0.25) is 5.75 Å². The van der Waals surface area contributed by atoms with Crippen LogP contribution in [0.4, 0.5) is 4.79 Å². The number of likely N-dealkylation sites (tertiary alicyclic amines) is 1. The first-order valence-electron chi connectivity index (χ1n) is 18.7. The Hall–Kier alpha value is -4.23. The van der Waals surface area contributed by atoms with Crippen molar-refractivity contribution in [3.63, 3.8) is 0 Å². The standard InChI is InChI=1S/C41H53Cl2N5O7/c1-6-55-37(49)28-47-20-22-48(23-21-47)40(51)44-41(32-10-8-7-9-11-32)15-18-46(19-16-41)17-14-30(29-12-13-33(42)34(43)24-29)27-45(2)39(50)31-25-35(52-3)38(54-5)36(26-31)53-4/h7-13,24-26,30H,6,14-23,27-28H2,1-5H3,(H,44,51)/t30-/m1/s1. The van der Waals surface area contributed by atoms with E-state index in [2.05, 4.69) is 22.3 Å². The summed E-state index contributed by atoms with van der Waals surface area (Å²) in [7, 11) is 6.35. The van der Waals surface area contributed by atoms with Crippen LogP contribution in [0, 0.1) is 0 Å². The van der Waals surface area contributed by atoms with Crippen molar-refractivity contribution in [2.75, 3.05) is 93.9 Å². The molecular formula is C41H53Cl2N5O7. The molecule has 1 atom stereocenters. The van der Waals surface area contributed by atoms with E-state index in [1.165, 1.54) is 21.3 Å². The van der Waals surface area contributed by atoms with E-state index in [0.717, 1.165) is 50.0 Å². The molecule has 0 spiro atoms. The van der Waals surface area contributed by atoms with Gasteiger partial charge in [0.05, 0.1) is 50.1 Å². The van der Waals surface area contributed by atoms with Crippen molar-refractivity contribution < 1.29 is 33.3 Å². The topological polar surface area (TPSA) is 113 Å². The first-order chi connectivity index (χ1) is 26.5. The molecule has 14 heteroatoms. The number of hydrogen-bond donors (Lipinski definition) is 1. The Morgan fingerprint density at radius 3 is 2.07 bits per heavy atom. The van der Waals surface area contributed by atoms with Gasteiger partial charge in [0, 0.05) is 64.3 Å². The van der Waals surface area contributed by atoms with Gasteiger partial charge in [-0.15, -0.1) is 0 Å². The molecule has 0 saturated carbocycles. The largest absolute Gasteiger partial charge is 0.493 e. The normalized spacial score (nSPS) is 16.5. The van der Waals surface area contributed by atoms with Crippen LogP contribution in [0.5, 0.6) is 17.2 Å². The fourth-order valence-corrected chi connectivity index (χ4v) is 7.80. The van der Waals surface area contributed by atoms with Gasteiger partial charge in [-0.3, -0.25) is 14.5 Å². The lowest BCUT2D eigenvalue weighted by Gasteiger charge is -2.44. The summed E-state index contributed by atoms with van der Waals surface area (Å²) in [6.07, 6.45) is 2.23. The maximum atomic E-state index is 13.8. The van der Waals surface area contributed by atoms with Crippen LogP contribution in [0.25, 0.3) is 0 Å². The highest BCUT2D eigenvalue weighted by molar-refractivity contribution is 6.42. The Morgan fingerprint density at radius 2 is 1.49 bits per heavy atom. The highest BCUT2D eigenvalue weighted by Crippen LogP contribution is 2.39. The van der Waals surface area contributed by atoms with Crippen molar-refractivity contribution in [2.24, 2.45) is 0 Å². The molecular weight excluding hydrogens is 745 g/mol. The quantitative estimate of drug-likeness (QED) is 0.181. The van der Waals surface area contributed by atoms with Gasteiger partial charge < -0.3 is 39.0 Å². The number of benzene rings is 3. The molecule has 0 radical (unpaired) electrons. The van der Waals surface area contributed by atoms with Gasteiger partial charge in [0.1, 0.15) is 0 Å². The summed E-state index contributed by atoms with van der Waals surface area (Å²) in [6, 6.07) is 19.1. The molecule has 2 aliphatic rings. The summed E-state index contributed by atoms with van der Waals surface area (Å²) in [4.78, 5) is 47.6. The van der Waals surface area contributed by atoms with E-state index in [0.29, 0.717) is 72.2 Å². The summed E-state index contributed by atoms with van der Waals surface area (Å²) in [5.74, 6) is 0.748. The molecule has 5 rings (SSSR count). The Morgan fingerprint density at radius 1 is 0.836 bits per heavy atom. The third kappa shape index (κ3) is 10.5. The van der Waals surface area contributed by atoms with E-state index >= 15 is 0 Å². The molecule has 1 N–H and O–H groups in total. The van der Waals surface area contributed by atoms with E-state index in [-0.39, 0.29) is 30.4 Å². The number of nitrogens with zero attached hydrogens (tertiary/aromatic N) is 4. The zero-order chi connectivity index (χ0) is 39.5. The van der Waals surface area contributed by atoms with Crippen molar-refractivity contribution in [2.45, 2.75) is 37.6 Å². The van der Waals surface area contributed by atoms with Gasteiger partial charge in [-0.2, -0.15) is 0 Å². The van der Waals surface area contributed by atoms with Crippen molar-refractivity contribution in [3.05, 3.63) is 87.4 Å². The number of rotatable bonds is 15. The first kappa shape index (κ1) is 41.9. The molecule has 3 aromatic carbocycles. The molecule has 2 aliphatic heterocycles. The van der Waals surface area contributed by atoms with Gasteiger partial charge in [-0.05, 0) is 68.1 Å². The molecule has 0 aromatic heterocycles.